The second-order valence-electron chi connectivity index (χ2n) is 9.36. The lowest BCUT2D eigenvalue weighted by Crippen LogP contribution is -2.48. The van der Waals surface area contributed by atoms with Gasteiger partial charge in [0.05, 0.1) is 11.3 Å². The second-order valence-corrected chi connectivity index (χ2v) is 9.36. The van der Waals surface area contributed by atoms with Gasteiger partial charge in [-0.3, -0.25) is 4.79 Å². The van der Waals surface area contributed by atoms with E-state index in [1.54, 1.807) is 6.21 Å². The number of benzene rings is 2. The van der Waals surface area contributed by atoms with Crippen molar-refractivity contribution in [2.75, 3.05) is 0 Å². The van der Waals surface area contributed by atoms with E-state index in [0.717, 1.165) is 17.6 Å². The highest BCUT2D eigenvalue weighted by molar-refractivity contribution is 5.83. The minimum absolute atomic E-state index is 0.00971. The van der Waals surface area contributed by atoms with Crippen molar-refractivity contribution in [2.45, 2.75) is 46.3 Å². The van der Waals surface area contributed by atoms with Crippen molar-refractivity contribution in [3.63, 3.8) is 0 Å². The molecule has 5 nitrogen and oxygen atoms in total. The number of hydrazone groups is 1. The van der Waals surface area contributed by atoms with Crippen LogP contribution >= 0.6 is 0 Å². The van der Waals surface area contributed by atoms with Gasteiger partial charge in [0, 0.05) is 18.8 Å². The summed E-state index contributed by atoms with van der Waals surface area (Å²) < 4.78 is 34.3. The van der Waals surface area contributed by atoms with Gasteiger partial charge in [-0.05, 0) is 54.5 Å². The summed E-state index contributed by atoms with van der Waals surface area (Å²) in [6, 6.07) is 13.1. The third kappa shape index (κ3) is 5.73. The Labute approximate surface area is 210 Å². The summed E-state index contributed by atoms with van der Waals surface area (Å²) in [7, 11) is 0. The monoisotopic (exact) mass is 491 g/mol. The van der Waals surface area contributed by atoms with Crippen LogP contribution in [0.2, 0.25) is 0 Å². The van der Waals surface area contributed by atoms with Gasteiger partial charge >= 0.3 is 0 Å². The minimum Gasteiger partial charge on any atom is -0.486 e. The topological polar surface area (TPSA) is 53.9 Å². The summed E-state index contributed by atoms with van der Waals surface area (Å²) in [5, 5.41) is 4.18. The molecule has 3 unspecified atom stereocenters. The summed E-state index contributed by atoms with van der Waals surface area (Å²) in [5.74, 6) is -0.834. The summed E-state index contributed by atoms with van der Waals surface area (Å²) in [6.07, 6.45) is 8.79. The van der Waals surface area contributed by atoms with Gasteiger partial charge in [0.1, 0.15) is 30.0 Å². The molecule has 0 saturated carbocycles. The highest BCUT2D eigenvalue weighted by Crippen LogP contribution is 2.37. The first-order valence-electron chi connectivity index (χ1n) is 12.1. The van der Waals surface area contributed by atoms with Crippen LogP contribution in [0.3, 0.4) is 0 Å². The van der Waals surface area contributed by atoms with E-state index in [2.05, 4.69) is 24.4 Å². The Morgan fingerprint density at radius 3 is 2.58 bits per heavy atom. The first-order chi connectivity index (χ1) is 17.3. The zero-order valence-electron chi connectivity index (χ0n) is 20.7. The van der Waals surface area contributed by atoms with Crippen LogP contribution < -0.4 is 5.43 Å². The van der Waals surface area contributed by atoms with E-state index in [1.807, 2.05) is 60.5 Å². The average molecular weight is 492 g/mol. The Morgan fingerprint density at radius 1 is 1.14 bits per heavy atom. The van der Waals surface area contributed by atoms with E-state index in [9.17, 15) is 13.6 Å². The lowest BCUT2D eigenvalue weighted by atomic mass is 9.86. The summed E-state index contributed by atoms with van der Waals surface area (Å²) in [5.41, 5.74) is 5.26. The summed E-state index contributed by atoms with van der Waals surface area (Å²) in [6.45, 7) is 5.80. The van der Waals surface area contributed by atoms with Gasteiger partial charge in [-0.1, -0.05) is 56.3 Å². The van der Waals surface area contributed by atoms with Gasteiger partial charge in [-0.15, -0.1) is 0 Å². The fourth-order valence-electron chi connectivity index (χ4n) is 4.49. The lowest BCUT2D eigenvalue weighted by Gasteiger charge is -2.37. The molecule has 36 heavy (non-hydrogen) atoms. The van der Waals surface area contributed by atoms with Crippen LogP contribution in [0.4, 0.5) is 8.78 Å². The van der Waals surface area contributed by atoms with Crippen molar-refractivity contribution in [2.24, 2.45) is 16.9 Å². The van der Waals surface area contributed by atoms with E-state index < -0.39 is 17.7 Å². The predicted octanol–water partition coefficient (Wildman–Crippen LogP) is 5.86. The number of rotatable bonds is 7. The zero-order valence-corrected chi connectivity index (χ0v) is 20.7. The SMILES string of the molecule is CC1=CN2C(=CCC(C)C(C)C2C(=O)N/N=C/Cc2ccccc2)C(OCc2c(F)cccc2F)=C1. The van der Waals surface area contributed by atoms with E-state index in [0.29, 0.717) is 17.9 Å². The van der Waals surface area contributed by atoms with Crippen LogP contribution in [-0.2, 0) is 22.6 Å². The molecule has 1 amide bonds. The number of allylic oxidation sites excluding steroid dienone is 3. The molecule has 2 heterocycles. The van der Waals surface area contributed by atoms with Crippen molar-refractivity contribution >= 4 is 12.1 Å². The number of amides is 1. The first kappa shape index (κ1) is 25.4. The minimum atomic E-state index is -0.654. The van der Waals surface area contributed by atoms with Gasteiger partial charge < -0.3 is 9.64 Å². The molecule has 1 N–H and O–H groups in total. The zero-order chi connectivity index (χ0) is 25.7. The third-order valence-corrected chi connectivity index (χ3v) is 6.75. The number of ether oxygens (including phenoxy) is 1. The number of hydrogen-bond donors (Lipinski definition) is 1. The molecular formula is C29H31F2N3O2. The summed E-state index contributed by atoms with van der Waals surface area (Å²) >= 11 is 0. The van der Waals surface area contributed by atoms with Gasteiger partial charge in [0.15, 0.2) is 0 Å². The van der Waals surface area contributed by atoms with Crippen molar-refractivity contribution in [3.05, 3.63) is 107 Å². The molecule has 0 aromatic heterocycles. The van der Waals surface area contributed by atoms with Crippen LogP contribution in [0.5, 0.6) is 0 Å². The largest absolute Gasteiger partial charge is 0.486 e. The molecule has 2 aromatic rings. The molecule has 4 rings (SSSR count). The number of fused-ring (bicyclic) bond motifs is 1. The quantitative estimate of drug-likeness (QED) is 0.390. The van der Waals surface area contributed by atoms with E-state index in [1.165, 1.54) is 18.2 Å². The van der Waals surface area contributed by atoms with Crippen molar-refractivity contribution in [3.8, 4) is 0 Å². The van der Waals surface area contributed by atoms with E-state index in [-0.39, 0.29) is 29.9 Å². The van der Waals surface area contributed by atoms with Crippen molar-refractivity contribution in [1.29, 1.82) is 0 Å². The molecule has 3 atom stereocenters. The first-order valence-corrected chi connectivity index (χ1v) is 12.1. The molecule has 0 spiro atoms. The smallest absolute Gasteiger partial charge is 0.263 e. The molecule has 188 valence electrons. The summed E-state index contributed by atoms with van der Waals surface area (Å²) in [4.78, 5) is 15.3. The highest BCUT2D eigenvalue weighted by atomic mass is 19.1. The molecular weight excluding hydrogens is 460 g/mol. The number of nitrogens with one attached hydrogen (secondary N) is 1. The average Bonchev–Trinajstić information content (AvgIpc) is 2.98. The Kier molecular flexibility index (Phi) is 7.98. The van der Waals surface area contributed by atoms with Crippen LogP contribution in [0.1, 0.15) is 38.3 Å². The van der Waals surface area contributed by atoms with Crippen LogP contribution in [0.15, 0.2) is 89.0 Å². The fourth-order valence-corrected chi connectivity index (χ4v) is 4.49. The number of hydrogen-bond acceptors (Lipinski definition) is 4. The molecule has 0 saturated heterocycles. The molecule has 0 fully saturated rings. The normalized spacial score (nSPS) is 21.8. The van der Waals surface area contributed by atoms with E-state index in [4.69, 9.17) is 4.74 Å². The molecule has 0 radical (unpaired) electrons. The fraction of sp³-hybridized carbons (Fsp3) is 0.310. The highest BCUT2D eigenvalue weighted by Gasteiger charge is 2.38. The van der Waals surface area contributed by atoms with Gasteiger partial charge in [0.2, 0.25) is 0 Å². The van der Waals surface area contributed by atoms with Crippen LogP contribution in [0, 0.1) is 23.5 Å². The van der Waals surface area contributed by atoms with E-state index >= 15 is 0 Å². The maximum absolute atomic E-state index is 14.2. The Bertz CT molecular complexity index is 1200. The van der Waals surface area contributed by atoms with Crippen LogP contribution in [0.25, 0.3) is 0 Å². The molecule has 7 heteroatoms. The maximum Gasteiger partial charge on any atom is 0.263 e. The Balaban J connectivity index is 1.52. The molecule has 2 aliphatic heterocycles. The standard InChI is InChI=1S/C29H31F2N3O2/c1-19-16-27(36-18-23-24(30)10-7-11-25(23)31)26-13-12-20(2)21(3)28(34(26)17-19)29(35)33-32-15-14-22-8-5-4-6-9-22/h4-11,13,15-17,20-21,28H,12,14,18H2,1-3H3,(H,33,35)/b32-15+. The molecule has 2 aliphatic rings. The molecule has 0 bridgehead atoms. The van der Waals surface area contributed by atoms with Gasteiger partial charge in [-0.25, -0.2) is 14.2 Å². The Hall–Kier alpha value is -3.74. The Morgan fingerprint density at radius 2 is 1.86 bits per heavy atom. The van der Waals surface area contributed by atoms with Crippen molar-refractivity contribution < 1.29 is 18.3 Å². The van der Waals surface area contributed by atoms with Gasteiger partial charge in [-0.2, -0.15) is 5.10 Å². The molecule has 2 aromatic carbocycles. The second kappa shape index (κ2) is 11.3. The third-order valence-electron chi connectivity index (χ3n) is 6.75. The van der Waals surface area contributed by atoms with Crippen molar-refractivity contribution in [1.82, 2.24) is 10.3 Å². The number of halogens is 2. The number of carbonyl (C=O) groups excluding carboxylic acids is 1. The lowest BCUT2D eigenvalue weighted by molar-refractivity contribution is -0.127. The molecule has 0 aliphatic carbocycles. The predicted molar refractivity (Wildman–Crippen MR) is 136 cm³/mol. The van der Waals surface area contributed by atoms with Crippen LogP contribution in [-0.4, -0.2) is 23.1 Å². The number of carbonyl (C=O) groups is 1. The van der Waals surface area contributed by atoms with Gasteiger partial charge in [0.25, 0.3) is 5.91 Å². The number of nitrogens with zero attached hydrogens (tertiary/aromatic N) is 2. The maximum atomic E-state index is 14.2.